The van der Waals surface area contributed by atoms with Gasteiger partial charge < -0.3 is 15.5 Å². The number of nitrogens with one attached hydrogen (secondary N) is 2. The van der Waals surface area contributed by atoms with Crippen LogP contribution in [0.25, 0.3) is 10.8 Å². The SMILES string of the molecule is CC#CC(=O)Nc1ccc2c(N3CCC(CNc4ncc(Br)cn4)C3)nccc2c1. The van der Waals surface area contributed by atoms with E-state index in [1.807, 2.05) is 30.5 Å². The lowest BCUT2D eigenvalue weighted by Gasteiger charge is -2.20. The average Bonchev–Trinajstić information content (AvgIpc) is 3.22. The molecule has 1 aromatic carbocycles. The van der Waals surface area contributed by atoms with Gasteiger partial charge in [-0.05, 0) is 70.8 Å². The molecule has 0 bridgehead atoms. The summed E-state index contributed by atoms with van der Waals surface area (Å²) < 4.78 is 0.864. The number of amides is 1. The molecule has 1 atom stereocenters. The molecule has 0 radical (unpaired) electrons. The number of fused-ring (bicyclic) bond motifs is 1. The number of rotatable bonds is 5. The van der Waals surface area contributed by atoms with Crippen LogP contribution in [0.15, 0.2) is 47.3 Å². The van der Waals surface area contributed by atoms with Gasteiger partial charge in [-0.1, -0.05) is 5.92 Å². The quantitative estimate of drug-likeness (QED) is 0.560. The van der Waals surface area contributed by atoms with Crippen molar-refractivity contribution in [3.05, 3.63) is 47.3 Å². The molecule has 7 nitrogen and oxygen atoms in total. The molecule has 30 heavy (non-hydrogen) atoms. The second-order valence-electron chi connectivity index (χ2n) is 7.11. The minimum atomic E-state index is -0.309. The normalized spacial score (nSPS) is 15.5. The van der Waals surface area contributed by atoms with Crippen LogP contribution in [0.5, 0.6) is 0 Å². The van der Waals surface area contributed by atoms with E-state index in [0.717, 1.165) is 52.8 Å². The highest BCUT2D eigenvalue weighted by Crippen LogP contribution is 2.30. The number of carbonyl (C=O) groups is 1. The molecule has 152 valence electrons. The van der Waals surface area contributed by atoms with Crippen molar-refractivity contribution in [1.29, 1.82) is 0 Å². The van der Waals surface area contributed by atoms with Crippen molar-refractivity contribution in [1.82, 2.24) is 15.0 Å². The molecule has 1 unspecified atom stereocenters. The van der Waals surface area contributed by atoms with Crippen LogP contribution >= 0.6 is 15.9 Å². The fourth-order valence-electron chi connectivity index (χ4n) is 3.60. The van der Waals surface area contributed by atoms with E-state index >= 15 is 0 Å². The summed E-state index contributed by atoms with van der Waals surface area (Å²) in [5.41, 5.74) is 0.727. The second-order valence-corrected chi connectivity index (χ2v) is 8.02. The van der Waals surface area contributed by atoms with Gasteiger partial charge in [0.05, 0.1) is 4.47 Å². The number of benzene rings is 1. The Morgan fingerprint density at radius 2 is 2.10 bits per heavy atom. The summed E-state index contributed by atoms with van der Waals surface area (Å²) in [5.74, 6) is 6.89. The zero-order valence-corrected chi connectivity index (χ0v) is 18.1. The highest BCUT2D eigenvalue weighted by atomic mass is 79.9. The molecule has 3 aromatic rings. The minimum Gasteiger partial charge on any atom is -0.356 e. The van der Waals surface area contributed by atoms with Gasteiger partial charge in [-0.25, -0.2) is 15.0 Å². The fourth-order valence-corrected chi connectivity index (χ4v) is 3.80. The van der Waals surface area contributed by atoms with Crippen molar-refractivity contribution >= 4 is 50.1 Å². The third kappa shape index (κ3) is 4.69. The maximum absolute atomic E-state index is 11.7. The van der Waals surface area contributed by atoms with E-state index in [2.05, 4.69) is 58.3 Å². The van der Waals surface area contributed by atoms with Crippen LogP contribution in [-0.2, 0) is 4.79 Å². The third-order valence-corrected chi connectivity index (χ3v) is 5.40. The number of pyridine rings is 1. The molecule has 2 aromatic heterocycles. The molecule has 8 heteroatoms. The minimum absolute atomic E-state index is 0.309. The molecule has 0 saturated carbocycles. The van der Waals surface area contributed by atoms with Crippen LogP contribution in [0.3, 0.4) is 0 Å². The summed E-state index contributed by atoms with van der Waals surface area (Å²) in [6, 6.07) is 7.81. The average molecular weight is 465 g/mol. The van der Waals surface area contributed by atoms with Gasteiger partial charge in [-0.3, -0.25) is 4.79 Å². The summed E-state index contributed by atoms with van der Waals surface area (Å²) in [6.07, 6.45) is 6.37. The molecule has 2 N–H and O–H groups in total. The van der Waals surface area contributed by atoms with Crippen molar-refractivity contribution in [3.8, 4) is 11.8 Å². The summed E-state index contributed by atoms with van der Waals surface area (Å²) in [7, 11) is 0. The van der Waals surface area contributed by atoms with Gasteiger partial charge in [-0.2, -0.15) is 0 Å². The molecule has 0 aliphatic carbocycles. The standard InChI is InChI=1S/C22H21BrN6O/c1-2-3-20(30)28-18-4-5-19-16(10-18)6-8-24-21(19)29-9-7-15(14-29)11-25-22-26-12-17(23)13-27-22/h4-6,8,10,12-13,15H,7,9,11,14H2,1H3,(H,28,30)(H,25,26,27). The van der Waals surface area contributed by atoms with Crippen LogP contribution < -0.4 is 15.5 Å². The van der Waals surface area contributed by atoms with Gasteiger partial charge in [-0.15, -0.1) is 0 Å². The van der Waals surface area contributed by atoms with Gasteiger partial charge in [0, 0.05) is 49.3 Å². The number of carbonyl (C=O) groups excluding carboxylic acids is 1. The second kappa shape index (κ2) is 9.09. The Morgan fingerprint density at radius 1 is 1.27 bits per heavy atom. The van der Waals surface area contributed by atoms with Crippen molar-refractivity contribution in [2.75, 3.05) is 35.2 Å². The largest absolute Gasteiger partial charge is 0.356 e. The Bertz CT molecular complexity index is 1120. The molecule has 1 amide bonds. The lowest BCUT2D eigenvalue weighted by molar-refractivity contribution is -0.111. The van der Waals surface area contributed by atoms with E-state index in [1.54, 1.807) is 19.3 Å². The van der Waals surface area contributed by atoms with E-state index < -0.39 is 0 Å². The Labute approximate surface area is 183 Å². The van der Waals surface area contributed by atoms with Crippen LogP contribution in [0, 0.1) is 17.8 Å². The Balaban J connectivity index is 1.44. The Morgan fingerprint density at radius 3 is 2.90 bits per heavy atom. The van der Waals surface area contributed by atoms with Crippen LogP contribution in [0.1, 0.15) is 13.3 Å². The van der Waals surface area contributed by atoms with E-state index in [-0.39, 0.29) is 5.91 Å². The molecule has 4 rings (SSSR count). The van der Waals surface area contributed by atoms with Crippen molar-refractivity contribution in [3.63, 3.8) is 0 Å². The highest BCUT2D eigenvalue weighted by Gasteiger charge is 2.24. The maximum atomic E-state index is 11.7. The van der Waals surface area contributed by atoms with Crippen LogP contribution in [0.4, 0.5) is 17.5 Å². The van der Waals surface area contributed by atoms with Gasteiger partial charge in [0.25, 0.3) is 5.91 Å². The first-order chi connectivity index (χ1) is 14.6. The van der Waals surface area contributed by atoms with Crippen molar-refractivity contribution in [2.24, 2.45) is 5.92 Å². The Kier molecular flexibility index (Phi) is 6.10. The summed E-state index contributed by atoms with van der Waals surface area (Å²) in [6.45, 7) is 4.32. The first-order valence-electron chi connectivity index (χ1n) is 9.71. The number of hydrogen-bond acceptors (Lipinski definition) is 6. The van der Waals surface area contributed by atoms with E-state index in [1.165, 1.54) is 0 Å². The number of halogens is 1. The summed E-state index contributed by atoms with van der Waals surface area (Å²) >= 11 is 3.35. The predicted molar refractivity (Wildman–Crippen MR) is 122 cm³/mol. The lowest BCUT2D eigenvalue weighted by atomic mass is 10.1. The monoisotopic (exact) mass is 464 g/mol. The molecular formula is C22H21BrN6O. The molecule has 1 aliphatic heterocycles. The van der Waals surface area contributed by atoms with Crippen LogP contribution in [0.2, 0.25) is 0 Å². The smallest absolute Gasteiger partial charge is 0.300 e. The number of anilines is 3. The van der Waals surface area contributed by atoms with Gasteiger partial charge >= 0.3 is 0 Å². The lowest BCUT2D eigenvalue weighted by Crippen LogP contribution is -2.23. The molecule has 0 spiro atoms. The predicted octanol–water partition coefficient (Wildman–Crippen LogP) is 3.69. The van der Waals surface area contributed by atoms with E-state index in [0.29, 0.717) is 11.9 Å². The molecule has 1 aliphatic rings. The van der Waals surface area contributed by atoms with Gasteiger partial charge in [0.15, 0.2) is 0 Å². The molecule has 3 heterocycles. The summed E-state index contributed by atoms with van der Waals surface area (Å²) in [5, 5.41) is 8.22. The first kappa shape index (κ1) is 20.1. The van der Waals surface area contributed by atoms with Gasteiger partial charge in [0.1, 0.15) is 5.82 Å². The molecular weight excluding hydrogens is 444 g/mol. The zero-order valence-electron chi connectivity index (χ0n) is 16.5. The Hall–Kier alpha value is -3.18. The maximum Gasteiger partial charge on any atom is 0.300 e. The van der Waals surface area contributed by atoms with Crippen molar-refractivity contribution < 1.29 is 4.79 Å². The topological polar surface area (TPSA) is 83.0 Å². The molecule has 1 fully saturated rings. The van der Waals surface area contributed by atoms with E-state index in [9.17, 15) is 4.79 Å². The highest BCUT2D eigenvalue weighted by molar-refractivity contribution is 9.10. The third-order valence-electron chi connectivity index (χ3n) is 4.99. The van der Waals surface area contributed by atoms with Crippen molar-refractivity contribution in [2.45, 2.75) is 13.3 Å². The first-order valence-corrected chi connectivity index (χ1v) is 10.5. The summed E-state index contributed by atoms with van der Waals surface area (Å²) in [4.78, 5) is 27.2. The number of nitrogens with zero attached hydrogens (tertiary/aromatic N) is 4. The van der Waals surface area contributed by atoms with E-state index in [4.69, 9.17) is 0 Å². The van der Waals surface area contributed by atoms with Crippen LogP contribution in [-0.4, -0.2) is 40.5 Å². The zero-order chi connectivity index (χ0) is 20.9. The number of aromatic nitrogens is 3. The fraction of sp³-hybridized carbons (Fsp3) is 0.273. The van der Waals surface area contributed by atoms with Gasteiger partial charge in [0.2, 0.25) is 5.95 Å². The number of hydrogen-bond donors (Lipinski definition) is 2. The molecule has 1 saturated heterocycles.